The van der Waals surface area contributed by atoms with Gasteiger partial charge in [-0.25, -0.2) is 4.79 Å². The smallest absolute Gasteiger partial charge is 0.329 e. The Bertz CT molecular complexity index is 834. The van der Waals surface area contributed by atoms with E-state index in [0.717, 1.165) is 22.4 Å². The maximum absolute atomic E-state index is 12.5. The van der Waals surface area contributed by atoms with Gasteiger partial charge in [0.05, 0.1) is 0 Å². The third-order valence-corrected chi connectivity index (χ3v) is 4.57. The molecule has 5 nitrogen and oxygen atoms in total. The van der Waals surface area contributed by atoms with E-state index in [1.54, 1.807) is 6.08 Å². The monoisotopic (exact) mass is 334 g/mol. The number of allylic oxidation sites excluding steroid dienone is 4. The number of nitrogens with one attached hydrogen (secondary N) is 2. The number of carbonyl (C=O) groups is 2. The van der Waals surface area contributed by atoms with Gasteiger partial charge >= 0.3 is 5.97 Å². The van der Waals surface area contributed by atoms with Crippen molar-refractivity contribution in [2.24, 2.45) is 5.92 Å². The number of hydrogen-bond donors (Lipinski definition) is 2. The third-order valence-electron chi connectivity index (χ3n) is 4.57. The van der Waals surface area contributed by atoms with Crippen molar-refractivity contribution in [3.05, 3.63) is 83.2 Å². The molecule has 0 bridgehead atoms. The highest BCUT2D eigenvalue weighted by Crippen LogP contribution is 2.37. The molecule has 0 aromatic heterocycles. The van der Waals surface area contributed by atoms with E-state index in [-0.39, 0.29) is 18.4 Å². The predicted octanol–water partition coefficient (Wildman–Crippen LogP) is 2.10. The van der Waals surface area contributed by atoms with E-state index < -0.39 is 12.0 Å². The maximum atomic E-state index is 12.5. The average Bonchev–Trinajstić information content (AvgIpc) is 3.02. The van der Waals surface area contributed by atoms with Gasteiger partial charge in [-0.3, -0.25) is 4.79 Å². The lowest BCUT2D eigenvalue weighted by molar-refractivity contribution is -0.148. The standard InChI is InChI=1S/C20H18N2O3/c23-18-10-14-7-4-8-16-19(14)15(11-21-16)9-17(22-18)20(24)25-12-13-5-2-1-3-6-13/h1-8,10-11,17,19,21H,9,12H2,(H,22,23)/b14-10-. The van der Waals surface area contributed by atoms with Crippen LogP contribution in [0.1, 0.15) is 12.0 Å². The summed E-state index contributed by atoms with van der Waals surface area (Å²) in [5, 5.41) is 5.99. The van der Waals surface area contributed by atoms with Gasteiger partial charge in [0.15, 0.2) is 0 Å². The van der Waals surface area contributed by atoms with Crippen LogP contribution in [-0.4, -0.2) is 17.9 Å². The topological polar surface area (TPSA) is 67.4 Å². The van der Waals surface area contributed by atoms with Crippen LogP contribution in [0.3, 0.4) is 0 Å². The fraction of sp³-hybridized carbons (Fsp3) is 0.200. The van der Waals surface area contributed by atoms with Gasteiger partial charge in [0.25, 0.3) is 0 Å². The second-order valence-corrected chi connectivity index (χ2v) is 6.28. The van der Waals surface area contributed by atoms with Gasteiger partial charge in [0, 0.05) is 30.3 Å². The zero-order valence-corrected chi connectivity index (χ0v) is 13.6. The number of benzene rings is 1. The summed E-state index contributed by atoms with van der Waals surface area (Å²) in [5.41, 5.74) is 3.96. The minimum Gasteiger partial charge on any atom is -0.459 e. The van der Waals surface area contributed by atoms with Crippen LogP contribution in [0.2, 0.25) is 0 Å². The summed E-state index contributed by atoms with van der Waals surface area (Å²) in [4.78, 5) is 24.7. The Morgan fingerprint density at radius 3 is 2.92 bits per heavy atom. The molecule has 2 N–H and O–H groups in total. The van der Waals surface area contributed by atoms with E-state index in [2.05, 4.69) is 10.6 Å². The Morgan fingerprint density at radius 2 is 2.08 bits per heavy atom. The summed E-state index contributed by atoms with van der Waals surface area (Å²) in [6, 6.07) is 8.81. The normalized spacial score (nSPS) is 25.9. The van der Waals surface area contributed by atoms with Crippen LogP contribution in [0.5, 0.6) is 0 Å². The highest BCUT2D eigenvalue weighted by Gasteiger charge is 2.35. The zero-order chi connectivity index (χ0) is 17.2. The fourth-order valence-electron chi connectivity index (χ4n) is 3.37. The molecule has 0 saturated carbocycles. The van der Waals surface area contributed by atoms with Crippen LogP contribution in [0.25, 0.3) is 0 Å². The van der Waals surface area contributed by atoms with Crippen LogP contribution in [0.4, 0.5) is 0 Å². The molecule has 1 amide bonds. The van der Waals surface area contributed by atoms with Crippen LogP contribution in [0, 0.1) is 5.92 Å². The lowest BCUT2D eigenvalue weighted by Gasteiger charge is -2.26. The molecule has 5 heteroatoms. The van der Waals surface area contributed by atoms with Crippen LogP contribution < -0.4 is 10.6 Å². The minimum absolute atomic E-state index is 0.0282. The number of rotatable bonds is 3. The second kappa shape index (κ2) is 6.43. The van der Waals surface area contributed by atoms with E-state index >= 15 is 0 Å². The summed E-state index contributed by atoms with van der Waals surface area (Å²) in [6.45, 7) is 0.196. The quantitative estimate of drug-likeness (QED) is 0.831. The summed E-state index contributed by atoms with van der Waals surface area (Å²) in [7, 11) is 0. The average molecular weight is 334 g/mol. The molecule has 0 radical (unpaired) electrons. The van der Waals surface area contributed by atoms with Crippen molar-refractivity contribution in [2.45, 2.75) is 19.1 Å². The summed E-state index contributed by atoms with van der Waals surface area (Å²) in [5.74, 6) is -0.660. The molecule has 25 heavy (non-hydrogen) atoms. The molecular formula is C20H18N2O3. The van der Waals surface area contributed by atoms with Crippen LogP contribution >= 0.6 is 0 Å². The van der Waals surface area contributed by atoms with Crippen molar-refractivity contribution in [3.8, 4) is 0 Å². The minimum atomic E-state index is -0.688. The number of ether oxygens (including phenoxy) is 1. The first kappa shape index (κ1) is 15.4. The summed E-state index contributed by atoms with van der Waals surface area (Å²) < 4.78 is 5.40. The third kappa shape index (κ3) is 3.13. The Kier molecular flexibility index (Phi) is 3.98. The van der Waals surface area contributed by atoms with E-state index in [0.29, 0.717) is 6.42 Å². The fourth-order valence-corrected chi connectivity index (χ4v) is 3.37. The summed E-state index contributed by atoms with van der Waals surface area (Å²) >= 11 is 0. The number of carbonyl (C=O) groups excluding carboxylic acids is 2. The van der Waals surface area contributed by atoms with Gasteiger partial charge < -0.3 is 15.4 Å². The Hall–Kier alpha value is -3.08. The van der Waals surface area contributed by atoms with Crippen molar-refractivity contribution in [1.29, 1.82) is 0 Å². The SMILES string of the molecule is O=C1/C=C2/C=CC=C3NC=C(CC(C(=O)OCc4ccccc4)N1)C32. The predicted molar refractivity (Wildman–Crippen MR) is 92.8 cm³/mol. The Morgan fingerprint density at radius 1 is 1.24 bits per heavy atom. The highest BCUT2D eigenvalue weighted by atomic mass is 16.5. The first-order chi connectivity index (χ1) is 12.2. The molecule has 2 heterocycles. The van der Waals surface area contributed by atoms with Crippen LogP contribution in [-0.2, 0) is 20.9 Å². The van der Waals surface area contributed by atoms with Gasteiger partial charge in [0.2, 0.25) is 5.91 Å². The van der Waals surface area contributed by atoms with E-state index in [4.69, 9.17) is 4.74 Å². The van der Waals surface area contributed by atoms with Crippen molar-refractivity contribution in [3.63, 3.8) is 0 Å². The van der Waals surface area contributed by atoms with Crippen molar-refractivity contribution >= 4 is 11.9 Å². The van der Waals surface area contributed by atoms with Gasteiger partial charge in [0.1, 0.15) is 12.6 Å². The first-order valence-electron chi connectivity index (χ1n) is 8.27. The van der Waals surface area contributed by atoms with Crippen LogP contribution in [0.15, 0.2) is 77.7 Å². The van der Waals surface area contributed by atoms with E-state index in [1.807, 2.05) is 54.8 Å². The molecular weight excluding hydrogens is 316 g/mol. The molecule has 2 atom stereocenters. The van der Waals surface area contributed by atoms with Gasteiger partial charge in [-0.15, -0.1) is 0 Å². The molecule has 0 fully saturated rings. The second-order valence-electron chi connectivity index (χ2n) is 6.28. The van der Waals surface area contributed by atoms with Crippen molar-refractivity contribution in [2.75, 3.05) is 0 Å². The van der Waals surface area contributed by atoms with E-state index in [1.165, 1.54) is 0 Å². The molecule has 126 valence electrons. The Balaban J connectivity index is 1.51. The highest BCUT2D eigenvalue weighted by molar-refractivity contribution is 5.93. The Labute approximate surface area is 145 Å². The van der Waals surface area contributed by atoms with Crippen molar-refractivity contribution < 1.29 is 14.3 Å². The number of hydrogen-bond acceptors (Lipinski definition) is 4. The summed E-state index contributed by atoms with van der Waals surface area (Å²) in [6.07, 6.45) is 9.76. The zero-order valence-electron chi connectivity index (χ0n) is 13.6. The largest absolute Gasteiger partial charge is 0.459 e. The van der Waals surface area contributed by atoms with Gasteiger partial charge in [-0.05, 0) is 22.8 Å². The molecule has 0 saturated heterocycles. The molecule has 0 spiro atoms. The molecule has 2 aliphatic heterocycles. The lowest BCUT2D eigenvalue weighted by Crippen LogP contribution is -2.43. The number of amides is 1. The van der Waals surface area contributed by atoms with E-state index in [9.17, 15) is 9.59 Å². The molecule has 2 unspecified atom stereocenters. The van der Waals surface area contributed by atoms with Crippen molar-refractivity contribution in [1.82, 2.24) is 10.6 Å². The molecule has 1 aliphatic carbocycles. The lowest BCUT2D eigenvalue weighted by atomic mass is 9.83. The molecule has 1 aromatic carbocycles. The number of esters is 1. The molecule has 4 rings (SSSR count). The maximum Gasteiger partial charge on any atom is 0.329 e. The van der Waals surface area contributed by atoms with Gasteiger partial charge in [-0.2, -0.15) is 0 Å². The first-order valence-corrected chi connectivity index (χ1v) is 8.27. The molecule has 1 aromatic rings. The van der Waals surface area contributed by atoms with Gasteiger partial charge in [-0.1, -0.05) is 42.5 Å². The molecule has 3 aliphatic rings.